The predicted octanol–water partition coefficient (Wildman–Crippen LogP) is 4.25. The highest BCUT2D eigenvalue weighted by Gasteiger charge is 2.67. The number of aryl methyl sites for hydroxylation is 2. The van der Waals surface area contributed by atoms with E-state index in [1.165, 1.54) is 0 Å². The third-order valence-corrected chi connectivity index (χ3v) is 4.98. The van der Waals surface area contributed by atoms with Gasteiger partial charge in [0, 0.05) is 17.0 Å². The van der Waals surface area contributed by atoms with Gasteiger partial charge in [-0.15, -0.1) is 0 Å². The Balaban J connectivity index is 1.85. The Morgan fingerprint density at radius 2 is 1.50 bits per heavy atom. The average molecular weight is 439 g/mol. The van der Waals surface area contributed by atoms with Gasteiger partial charge in [0.2, 0.25) is 5.95 Å². The second kappa shape index (κ2) is 8.07. The van der Waals surface area contributed by atoms with E-state index in [-0.39, 0.29) is 18.3 Å². The highest BCUT2D eigenvalue weighted by atomic mass is 19.4. The summed E-state index contributed by atoms with van der Waals surface area (Å²) < 4.78 is 43.4. The number of aliphatic imine (C=N–C) groups is 1. The Morgan fingerprint density at radius 1 is 0.938 bits per heavy atom. The molecule has 0 saturated heterocycles. The summed E-state index contributed by atoms with van der Waals surface area (Å²) in [6, 6.07) is 18.7. The molecule has 3 aromatic rings. The molecule has 2 heterocycles. The van der Waals surface area contributed by atoms with Crippen molar-refractivity contribution in [2.75, 3.05) is 5.32 Å². The Labute approximate surface area is 182 Å². The van der Waals surface area contributed by atoms with E-state index in [9.17, 15) is 18.0 Å². The van der Waals surface area contributed by atoms with Crippen LogP contribution in [0.5, 0.6) is 0 Å². The zero-order chi connectivity index (χ0) is 22.9. The minimum Gasteiger partial charge on any atom is -0.314 e. The van der Waals surface area contributed by atoms with Gasteiger partial charge in [-0.3, -0.25) is 9.69 Å². The van der Waals surface area contributed by atoms with E-state index >= 15 is 0 Å². The molecular formula is C23H20F3N5O. The second-order valence-corrected chi connectivity index (χ2v) is 7.49. The Morgan fingerprint density at radius 3 is 2.06 bits per heavy atom. The van der Waals surface area contributed by atoms with Crippen molar-refractivity contribution in [3.8, 4) is 0 Å². The molecule has 1 aromatic heterocycles. The van der Waals surface area contributed by atoms with Crippen molar-refractivity contribution < 1.29 is 18.0 Å². The van der Waals surface area contributed by atoms with Crippen LogP contribution in [0.3, 0.4) is 0 Å². The molecule has 1 N–H and O–H groups in total. The van der Waals surface area contributed by atoms with Crippen molar-refractivity contribution in [3.05, 3.63) is 89.2 Å². The number of amides is 1. The van der Waals surface area contributed by atoms with E-state index in [0.29, 0.717) is 22.5 Å². The van der Waals surface area contributed by atoms with Crippen LogP contribution in [-0.2, 0) is 11.3 Å². The van der Waals surface area contributed by atoms with E-state index in [4.69, 9.17) is 0 Å². The summed E-state index contributed by atoms with van der Waals surface area (Å²) in [5, 5.41) is 2.22. The maximum absolute atomic E-state index is 14.5. The highest BCUT2D eigenvalue weighted by molar-refractivity contribution is 6.16. The zero-order valence-electron chi connectivity index (χ0n) is 17.4. The summed E-state index contributed by atoms with van der Waals surface area (Å²) in [5.74, 6) is -1.63. The lowest BCUT2D eigenvalue weighted by Crippen LogP contribution is -2.58. The molecule has 32 heavy (non-hydrogen) atoms. The van der Waals surface area contributed by atoms with Gasteiger partial charge in [0.1, 0.15) is 5.84 Å². The standard InChI is InChI=1S/C23H20F3N5O/c1-15-13-16(2)28-21(27-15)30-22(23(24,25)26)20(32)31(14-17-9-5-3-6-10-17)19(29-22)18-11-7-4-8-12-18/h3-13H,14H2,1-2H3,(H,27,28,30)/t22-/m0/s1. The molecule has 1 amide bonds. The summed E-state index contributed by atoms with van der Waals surface area (Å²) in [5.41, 5.74) is -1.24. The molecule has 4 rings (SSSR count). The number of carbonyl (C=O) groups is 1. The summed E-state index contributed by atoms with van der Waals surface area (Å²) in [7, 11) is 0. The number of hydrogen-bond donors (Lipinski definition) is 1. The first kappa shape index (κ1) is 21.5. The van der Waals surface area contributed by atoms with Crippen molar-refractivity contribution >= 4 is 17.7 Å². The van der Waals surface area contributed by atoms with Gasteiger partial charge >= 0.3 is 11.8 Å². The van der Waals surface area contributed by atoms with Gasteiger partial charge in [0.05, 0.1) is 6.54 Å². The van der Waals surface area contributed by atoms with Crippen molar-refractivity contribution in [2.45, 2.75) is 32.2 Å². The van der Waals surface area contributed by atoms with Gasteiger partial charge in [-0.05, 0) is 25.5 Å². The maximum atomic E-state index is 14.5. The number of aromatic nitrogens is 2. The first-order valence-corrected chi connectivity index (χ1v) is 9.88. The van der Waals surface area contributed by atoms with Crippen LogP contribution in [0, 0.1) is 13.8 Å². The van der Waals surface area contributed by atoms with Crippen LogP contribution in [0.2, 0.25) is 0 Å². The molecule has 164 valence electrons. The summed E-state index contributed by atoms with van der Waals surface area (Å²) in [6.45, 7) is 3.20. The van der Waals surface area contributed by atoms with Crippen LogP contribution in [0.1, 0.15) is 22.5 Å². The van der Waals surface area contributed by atoms with Crippen molar-refractivity contribution in [3.63, 3.8) is 0 Å². The number of carbonyl (C=O) groups excluding carboxylic acids is 1. The van der Waals surface area contributed by atoms with Gasteiger partial charge in [-0.1, -0.05) is 60.7 Å². The van der Waals surface area contributed by atoms with E-state index in [0.717, 1.165) is 4.90 Å². The molecule has 0 radical (unpaired) electrons. The van der Waals surface area contributed by atoms with Crippen LogP contribution >= 0.6 is 0 Å². The van der Waals surface area contributed by atoms with Gasteiger partial charge in [-0.2, -0.15) is 13.2 Å². The quantitative estimate of drug-likeness (QED) is 0.645. The molecule has 0 spiro atoms. The summed E-state index contributed by atoms with van der Waals surface area (Å²) >= 11 is 0. The lowest BCUT2D eigenvalue weighted by molar-refractivity contribution is -0.185. The molecule has 0 aliphatic carbocycles. The monoisotopic (exact) mass is 439 g/mol. The number of anilines is 1. The minimum atomic E-state index is -5.05. The fourth-order valence-electron chi connectivity index (χ4n) is 3.56. The van der Waals surface area contributed by atoms with Crippen LogP contribution < -0.4 is 5.32 Å². The van der Waals surface area contributed by atoms with Gasteiger partial charge in [-0.25, -0.2) is 15.0 Å². The topological polar surface area (TPSA) is 70.5 Å². The third-order valence-electron chi connectivity index (χ3n) is 4.98. The summed E-state index contributed by atoms with van der Waals surface area (Å²) in [6.07, 6.45) is -5.05. The van der Waals surface area contributed by atoms with Crippen LogP contribution in [0.15, 0.2) is 71.7 Å². The van der Waals surface area contributed by atoms with Crippen molar-refractivity contribution in [1.29, 1.82) is 0 Å². The smallest absolute Gasteiger partial charge is 0.314 e. The van der Waals surface area contributed by atoms with Crippen molar-refractivity contribution in [1.82, 2.24) is 14.9 Å². The van der Waals surface area contributed by atoms with Crippen LogP contribution in [0.4, 0.5) is 19.1 Å². The molecule has 0 unspecified atom stereocenters. The fraction of sp³-hybridized carbons (Fsp3) is 0.217. The molecule has 1 aliphatic rings. The van der Waals surface area contributed by atoms with E-state index in [2.05, 4.69) is 20.3 Å². The van der Waals surface area contributed by atoms with Gasteiger partial charge in [0.15, 0.2) is 0 Å². The van der Waals surface area contributed by atoms with E-state index in [1.807, 2.05) is 0 Å². The molecule has 1 atom stereocenters. The lowest BCUT2D eigenvalue weighted by atomic mass is 10.1. The SMILES string of the molecule is Cc1cc(C)nc(N[C@@]2(C(F)(F)F)N=C(c3ccccc3)N(Cc3ccccc3)C2=O)n1. The lowest BCUT2D eigenvalue weighted by Gasteiger charge is -2.29. The minimum absolute atomic E-state index is 0.0688. The van der Waals surface area contributed by atoms with Crippen molar-refractivity contribution in [2.24, 2.45) is 4.99 Å². The predicted molar refractivity (Wildman–Crippen MR) is 114 cm³/mol. The first-order chi connectivity index (χ1) is 15.2. The van der Waals surface area contributed by atoms with Gasteiger partial charge < -0.3 is 5.32 Å². The number of hydrogen-bond acceptors (Lipinski definition) is 5. The van der Waals surface area contributed by atoms with Crippen LogP contribution in [0.25, 0.3) is 0 Å². The van der Waals surface area contributed by atoms with E-state index in [1.54, 1.807) is 80.6 Å². The molecule has 9 heteroatoms. The first-order valence-electron chi connectivity index (χ1n) is 9.88. The average Bonchev–Trinajstić information content (AvgIpc) is 3.02. The Hall–Kier alpha value is -3.75. The molecule has 6 nitrogen and oxygen atoms in total. The zero-order valence-corrected chi connectivity index (χ0v) is 17.4. The van der Waals surface area contributed by atoms with E-state index < -0.39 is 17.7 Å². The molecule has 0 bridgehead atoms. The van der Waals surface area contributed by atoms with Gasteiger partial charge in [0.25, 0.3) is 5.91 Å². The normalized spacial score (nSPS) is 18.6. The number of amidine groups is 1. The number of halogens is 3. The Kier molecular flexibility index (Phi) is 5.41. The molecule has 1 aliphatic heterocycles. The summed E-state index contributed by atoms with van der Waals surface area (Å²) in [4.78, 5) is 26.5. The van der Waals surface area contributed by atoms with Crippen LogP contribution in [-0.4, -0.2) is 38.4 Å². The maximum Gasteiger partial charge on any atom is 0.442 e. The number of nitrogens with one attached hydrogen (secondary N) is 1. The number of rotatable bonds is 5. The molecule has 0 fully saturated rings. The fourth-order valence-corrected chi connectivity index (χ4v) is 3.56. The number of alkyl halides is 3. The third kappa shape index (κ3) is 3.93. The Bertz CT molecular complexity index is 1150. The molecule has 0 saturated carbocycles. The number of benzene rings is 2. The molecular weight excluding hydrogens is 419 g/mol. The largest absolute Gasteiger partial charge is 0.442 e. The molecule has 2 aromatic carbocycles. The number of nitrogens with zero attached hydrogens (tertiary/aromatic N) is 4. The highest BCUT2D eigenvalue weighted by Crippen LogP contribution is 2.41. The second-order valence-electron chi connectivity index (χ2n) is 7.49.